The summed E-state index contributed by atoms with van der Waals surface area (Å²) >= 11 is 0. The maximum Gasteiger partial charge on any atom is 0.267 e. The standard InChI is InChI=1S/C17H15N9O2/c1-12(26-16(27)8-7-15(21-26)24-10-2-9-19-24)17(28)20-13-3-5-14(6-4-13)25-11-18-22-23-25/h2-12H,1H3,(H,20,28). The highest BCUT2D eigenvalue weighted by molar-refractivity contribution is 5.93. The van der Waals surface area contributed by atoms with Crippen LogP contribution < -0.4 is 10.9 Å². The second kappa shape index (κ2) is 7.23. The Morgan fingerprint density at radius 3 is 2.61 bits per heavy atom. The Bertz CT molecular complexity index is 1130. The molecule has 4 aromatic rings. The number of tetrazole rings is 1. The maximum atomic E-state index is 12.6. The van der Waals surface area contributed by atoms with Crippen molar-refractivity contribution < 1.29 is 4.79 Å². The van der Waals surface area contributed by atoms with Crippen LogP contribution >= 0.6 is 0 Å². The number of rotatable bonds is 5. The quantitative estimate of drug-likeness (QED) is 0.540. The lowest BCUT2D eigenvalue weighted by atomic mass is 10.2. The van der Waals surface area contributed by atoms with Gasteiger partial charge in [0, 0.05) is 24.1 Å². The molecule has 1 atom stereocenters. The van der Waals surface area contributed by atoms with Crippen LogP contribution in [0.5, 0.6) is 0 Å². The van der Waals surface area contributed by atoms with Gasteiger partial charge in [0.05, 0.1) is 5.69 Å². The van der Waals surface area contributed by atoms with Crippen molar-refractivity contribution in [3.63, 3.8) is 0 Å². The topological polar surface area (TPSA) is 125 Å². The van der Waals surface area contributed by atoms with Crippen molar-refractivity contribution in [2.45, 2.75) is 13.0 Å². The van der Waals surface area contributed by atoms with Crippen LogP contribution in [0.2, 0.25) is 0 Å². The van der Waals surface area contributed by atoms with E-state index in [1.54, 1.807) is 55.7 Å². The molecule has 0 bridgehead atoms. The summed E-state index contributed by atoms with van der Waals surface area (Å²) in [6.07, 6.45) is 4.78. The number of nitrogens with one attached hydrogen (secondary N) is 1. The van der Waals surface area contributed by atoms with E-state index in [0.29, 0.717) is 11.5 Å². The Morgan fingerprint density at radius 2 is 1.93 bits per heavy atom. The summed E-state index contributed by atoms with van der Waals surface area (Å²) in [5, 5.41) is 22.0. The molecule has 3 aromatic heterocycles. The minimum absolute atomic E-state index is 0.373. The average Bonchev–Trinajstić information content (AvgIpc) is 3.42. The van der Waals surface area contributed by atoms with Crippen LogP contribution in [-0.2, 0) is 4.79 Å². The highest BCUT2D eigenvalue weighted by Gasteiger charge is 2.18. The summed E-state index contributed by atoms with van der Waals surface area (Å²) < 4.78 is 4.14. The van der Waals surface area contributed by atoms with Gasteiger partial charge in [-0.05, 0) is 53.7 Å². The lowest BCUT2D eigenvalue weighted by molar-refractivity contribution is -0.119. The molecule has 0 radical (unpaired) electrons. The molecular weight excluding hydrogens is 362 g/mol. The first kappa shape index (κ1) is 17.3. The van der Waals surface area contributed by atoms with E-state index >= 15 is 0 Å². The van der Waals surface area contributed by atoms with Gasteiger partial charge in [-0.3, -0.25) is 9.59 Å². The molecule has 0 fully saturated rings. The van der Waals surface area contributed by atoms with Crippen molar-refractivity contribution in [1.29, 1.82) is 0 Å². The fraction of sp³-hybridized carbons (Fsp3) is 0.118. The molecule has 0 aliphatic rings. The summed E-state index contributed by atoms with van der Waals surface area (Å²) in [6.45, 7) is 1.60. The van der Waals surface area contributed by atoms with E-state index in [4.69, 9.17) is 0 Å². The van der Waals surface area contributed by atoms with E-state index < -0.39 is 6.04 Å². The third-order valence-electron chi connectivity index (χ3n) is 4.04. The molecule has 11 nitrogen and oxygen atoms in total. The monoisotopic (exact) mass is 377 g/mol. The molecule has 3 heterocycles. The minimum atomic E-state index is -0.817. The van der Waals surface area contributed by atoms with Crippen LogP contribution in [0.3, 0.4) is 0 Å². The maximum absolute atomic E-state index is 12.6. The van der Waals surface area contributed by atoms with Crippen LogP contribution in [0, 0.1) is 0 Å². The Labute approximate surface area is 158 Å². The minimum Gasteiger partial charge on any atom is -0.324 e. The number of anilines is 1. The number of nitrogens with zero attached hydrogens (tertiary/aromatic N) is 8. The Balaban J connectivity index is 1.52. The first-order valence-electron chi connectivity index (χ1n) is 8.36. The van der Waals surface area contributed by atoms with Crippen molar-refractivity contribution in [1.82, 2.24) is 39.8 Å². The number of hydrogen-bond acceptors (Lipinski definition) is 7. The van der Waals surface area contributed by atoms with Gasteiger partial charge >= 0.3 is 0 Å². The van der Waals surface area contributed by atoms with Crippen molar-refractivity contribution in [3.05, 3.63) is 71.5 Å². The van der Waals surface area contributed by atoms with Gasteiger partial charge < -0.3 is 5.32 Å². The van der Waals surface area contributed by atoms with Gasteiger partial charge in [-0.15, -0.1) is 10.2 Å². The van der Waals surface area contributed by atoms with Crippen molar-refractivity contribution in [3.8, 4) is 11.5 Å². The zero-order valence-corrected chi connectivity index (χ0v) is 14.7. The second-order valence-corrected chi connectivity index (χ2v) is 5.89. The summed E-state index contributed by atoms with van der Waals surface area (Å²) in [5.74, 6) is 0.0671. The number of aromatic nitrogens is 8. The molecule has 1 amide bonds. The Kier molecular flexibility index (Phi) is 4.46. The van der Waals surface area contributed by atoms with E-state index in [1.165, 1.54) is 21.8 Å². The lowest BCUT2D eigenvalue weighted by Crippen LogP contribution is -2.33. The van der Waals surface area contributed by atoms with Crippen molar-refractivity contribution in [2.75, 3.05) is 5.32 Å². The molecule has 140 valence electrons. The van der Waals surface area contributed by atoms with Crippen LogP contribution in [0.15, 0.2) is 66.0 Å². The molecular formula is C17H15N9O2. The first-order chi connectivity index (χ1) is 13.6. The third-order valence-corrected chi connectivity index (χ3v) is 4.04. The molecule has 28 heavy (non-hydrogen) atoms. The zero-order chi connectivity index (χ0) is 19.5. The summed E-state index contributed by atoms with van der Waals surface area (Å²) in [4.78, 5) is 24.8. The van der Waals surface area contributed by atoms with Crippen molar-refractivity contribution >= 4 is 11.6 Å². The normalized spacial score (nSPS) is 11.9. The summed E-state index contributed by atoms with van der Waals surface area (Å²) in [7, 11) is 0. The van der Waals surface area contributed by atoms with Gasteiger partial charge in [0.2, 0.25) is 5.91 Å². The van der Waals surface area contributed by atoms with Gasteiger partial charge in [0.25, 0.3) is 5.56 Å². The van der Waals surface area contributed by atoms with Crippen LogP contribution in [-0.4, -0.2) is 45.7 Å². The number of carbonyl (C=O) groups excluding carboxylic acids is 1. The van der Waals surface area contributed by atoms with E-state index in [2.05, 4.69) is 31.0 Å². The van der Waals surface area contributed by atoms with Gasteiger partial charge in [-0.25, -0.2) is 14.0 Å². The predicted octanol–water partition coefficient (Wildman–Crippen LogP) is 0.604. The van der Waals surface area contributed by atoms with Crippen LogP contribution in [0.25, 0.3) is 11.5 Å². The largest absolute Gasteiger partial charge is 0.324 e. The molecule has 11 heteroatoms. The predicted molar refractivity (Wildman–Crippen MR) is 98.1 cm³/mol. The van der Waals surface area contributed by atoms with E-state index in [9.17, 15) is 9.59 Å². The van der Waals surface area contributed by atoms with Crippen LogP contribution in [0.1, 0.15) is 13.0 Å². The molecule has 1 aromatic carbocycles. The van der Waals surface area contributed by atoms with Crippen LogP contribution in [0.4, 0.5) is 5.69 Å². The number of amides is 1. The summed E-state index contributed by atoms with van der Waals surface area (Å²) in [5.41, 5.74) is 0.943. The smallest absolute Gasteiger partial charge is 0.267 e. The molecule has 0 saturated carbocycles. The molecule has 0 aliphatic heterocycles. The molecule has 0 spiro atoms. The fourth-order valence-corrected chi connectivity index (χ4v) is 2.55. The number of benzene rings is 1. The van der Waals surface area contributed by atoms with Gasteiger partial charge in [0.1, 0.15) is 12.4 Å². The molecule has 4 rings (SSSR count). The van der Waals surface area contributed by atoms with E-state index in [0.717, 1.165) is 10.4 Å². The Morgan fingerprint density at radius 1 is 1.11 bits per heavy atom. The SMILES string of the molecule is CC(C(=O)Nc1ccc(-n2cnnn2)cc1)n1nc(-n2cccn2)ccc1=O. The molecule has 0 aliphatic carbocycles. The highest BCUT2D eigenvalue weighted by Crippen LogP contribution is 2.14. The van der Waals surface area contributed by atoms with Crippen molar-refractivity contribution in [2.24, 2.45) is 0 Å². The fourth-order valence-electron chi connectivity index (χ4n) is 2.55. The molecule has 1 N–H and O–H groups in total. The lowest BCUT2D eigenvalue weighted by Gasteiger charge is -2.15. The highest BCUT2D eigenvalue weighted by atomic mass is 16.2. The zero-order valence-electron chi connectivity index (χ0n) is 14.7. The first-order valence-corrected chi connectivity index (χ1v) is 8.36. The number of hydrogen-bond donors (Lipinski definition) is 1. The average molecular weight is 377 g/mol. The van der Waals surface area contributed by atoms with Gasteiger partial charge in [-0.1, -0.05) is 0 Å². The molecule has 1 unspecified atom stereocenters. The Hall–Kier alpha value is -4.15. The molecule has 0 saturated heterocycles. The van der Waals surface area contributed by atoms with E-state index in [-0.39, 0.29) is 11.5 Å². The third kappa shape index (κ3) is 3.40. The number of carbonyl (C=O) groups is 1. The summed E-state index contributed by atoms with van der Waals surface area (Å²) in [6, 6.07) is 10.8. The second-order valence-electron chi connectivity index (χ2n) is 5.89. The van der Waals surface area contributed by atoms with E-state index in [1.807, 2.05) is 0 Å². The van der Waals surface area contributed by atoms with Gasteiger partial charge in [0.15, 0.2) is 5.82 Å². The van der Waals surface area contributed by atoms with Gasteiger partial charge in [-0.2, -0.15) is 5.10 Å².